The van der Waals surface area contributed by atoms with Crippen molar-refractivity contribution in [2.75, 3.05) is 0 Å². The van der Waals surface area contributed by atoms with E-state index < -0.39 is 0 Å². The molecule has 5 aliphatic rings. The quantitative estimate of drug-likeness (QED) is 0.295. The van der Waals surface area contributed by atoms with Crippen LogP contribution in [0.5, 0.6) is 0 Å². The minimum Gasteiger partial charge on any atom is -0.462 e. The van der Waals surface area contributed by atoms with Gasteiger partial charge in [0, 0.05) is 0 Å². The SMILES string of the molecule is O=C(OC1CCCCC1)C(C1CCCCC1)C1(C(C(=O)OC2CCCCC2)C2CCCCC2)CCCCC1. The Labute approximate surface area is 232 Å². The zero-order valence-corrected chi connectivity index (χ0v) is 24.3. The first-order valence-electron chi connectivity index (χ1n) is 17.1. The number of carbonyl (C=O) groups excluding carboxylic acids is 2. The normalized spacial score (nSPS) is 28.3. The molecule has 0 aromatic rings. The Hall–Kier alpha value is -1.06. The summed E-state index contributed by atoms with van der Waals surface area (Å²) in [4.78, 5) is 28.9. The first-order valence-corrected chi connectivity index (χ1v) is 17.1. The van der Waals surface area contributed by atoms with E-state index in [1.54, 1.807) is 0 Å². The minimum atomic E-state index is -0.278. The van der Waals surface area contributed by atoms with Crippen molar-refractivity contribution < 1.29 is 19.1 Å². The summed E-state index contributed by atoms with van der Waals surface area (Å²) in [7, 11) is 0. The highest BCUT2D eigenvalue weighted by Gasteiger charge is 2.57. The lowest BCUT2D eigenvalue weighted by Crippen LogP contribution is -2.53. The fraction of sp³-hybridized carbons (Fsp3) is 0.941. The fourth-order valence-electron chi connectivity index (χ4n) is 9.59. The molecule has 0 amide bonds. The standard InChI is InChI=1S/C34H56O4/c35-32(37-28-20-10-3-11-21-28)30(26-16-6-1-7-17-26)34(24-14-5-15-25-34)31(27-18-8-2-9-19-27)33(36)38-29-22-12-4-13-23-29/h26-31H,1-25H2. The van der Waals surface area contributed by atoms with Crippen LogP contribution in [0.1, 0.15) is 161 Å². The van der Waals surface area contributed by atoms with Crippen molar-refractivity contribution >= 4 is 11.9 Å². The zero-order valence-electron chi connectivity index (χ0n) is 24.3. The third kappa shape index (κ3) is 6.80. The van der Waals surface area contributed by atoms with Gasteiger partial charge in [0.2, 0.25) is 0 Å². The van der Waals surface area contributed by atoms with Gasteiger partial charge >= 0.3 is 11.9 Å². The van der Waals surface area contributed by atoms with Crippen LogP contribution in [-0.2, 0) is 19.1 Å². The van der Waals surface area contributed by atoms with Gasteiger partial charge in [0.15, 0.2) is 0 Å². The van der Waals surface area contributed by atoms with Crippen molar-refractivity contribution in [1.82, 2.24) is 0 Å². The van der Waals surface area contributed by atoms with E-state index in [9.17, 15) is 9.59 Å². The van der Waals surface area contributed by atoms with Gasteiger partial charge in [0.05, 0.1) is 11.8 Å². The second-order valence-corrected chi connectivity index (χ2v) is 13.9. The Morgan fingerprint density at radius 1 is 0.447 bits per heavy atom. The fourth-order valence-corrected chi connectivity index (χ4v) is 9.59. The van der Waals surface area contributed by atoms with Gasteiger partial charge in [-0.3, -0.25) is 9.59 Å². The molecule has 0 aliphatic heterocycles. The van der Waals surface area contributed by atoms with Crippen LogP contribution in [-0.4, -0.2) is 24.1 Å². The highest BCUT2D eigenvalue weighted by molar-refractivity contribution is 5.79. The topological polar surface area (TPSA) is 52.6 Å². The van der Waals surface area contributed by atoms with E-state index in [0.717, 1.165) is 77.0 Å². The summed E-state index contributed by atoms with van der Waals surface area (Å²) in [5.74, 6) is 0.610. The summed E-state index contributed by atoms with van der Waals surface area (Å²) in [6.45, 7) is 0. The van der Waals surface area contributed by atoms with Crippen molar-refractivity contribution in [2.45, 2.75) is 173 Å². The Kier molecular flexibility index (Phi) is 10.5. The average molecular weight is 529 g/mol. The summed E-state index contributed by atoms with van der Waals surface area (Å²) >= 11 is 0. The van der Waals surface area contributed by atoms with Gasteiger partial charge in [-0.05, 0) is 107 Å². The lowest BCUT2D eigenvalue weighted by molar-refractivity contribution is -0.182. The number of hydrogen-bond acceptors (Lipinski definition) is 4. The van der Waals surface area contributed by atoms with Crippen molar-refractivity contribution in [2.24, 2.45) is 29.1 Å². The summed E-state index contributed by atoms with van der Waals surface area (Å²) in [6.07, 6.45) is 28.9. The average Bonchev–Trinajstić information content (AvgIpc) is 2.96. The van der Waals surface area contributed by atoms with E-state index in [0.29, 0.717) is 11.8 Å². The molecule has 0 spiro atoms. The largest absolute Gasteiger partial charge is 0.462 e. The van der Waals surface area contributed by atoms with E-state index in [-0.39, 0.29) is 41.4 Å². The summed E-state index contributed by atoms with van der Waals surface area (Å²) in [5, 5.41) is 0. The molecule has 4 heteroatoms. The summed E-state index contributed by atoms with van der Waals surface area (Å²) < 4.78 is 12.9. The first-order chi connectivity index (χ1) is 18.7. The van der Waals surface area contributed by atoms with Gasteiger partial charge in [0.25, 0.3) is 0 Å². The van der Waals surface area contributed by atoms with Crippen molar-refractivity contribution in [3.05, 3.63) is 0 Å². The molecule has 38 heavy (non-hydrogen) atoms. The molecule has 5 saturated carbocycles. The van der Waals surface area contributed by atoms with Crippen LogP contribution < -0.4 is 0 Å². The summed E-state index contributed by atoms with van der Waals surface area (Å²) in [6, 6.07) is 0. The van der Waals surface area contributed by atoms with Gasteiger partial charge in [-0.2, -0.15) is 0 Å². The molecule has 5 rings (SSSR count). The maximum atomic E-state index is 14.4. The number of rotatable bonds is 8. The third-order valence-electron chi connectivity index (χ3n) is 11.4. The Balaban J connectivity index is 1.49. The predicted octanol–water partition coefficient (Wildman–Crippen LogP) is 9.08. The molecule has 0 saturated heterocycles. The monoisotopic (exact) mass is 528 g/mol. The Morgan fingerprint density at radius 2 is 0.763 bits per heavy atom. The highest BCUT2D eigenvalue weighted by atomic mass is 16.5. The molecule has 0 aromatic carbocycles. The van der Waals surface area contributed by atoms with Crippen LogP contribution in [0, 0.1) is 29.1 Å². The molecule has 0 heterocycles. The zero-order chi connectivity index (χ0) is 26.2. The number of hydrogen-bond donors (Lipinski definition) is 0. The van der Waals surface area contributed by atoms with Crippen LogP contribution in [0.4, 0.5) is 0 Å². The predicted molar refractivity (Wildman–Crippen MR) is 152 cm³/mol. The van der Waals surface area contributed by atoms with Gasteiger partial charge in [-0.15, -0.1) is 0 Å². The molecule has 0 bridgehead atoms. The molecule has 216 valence electrons. The van der Waals surface area contributed by atoms with Gasteiger partial charge in [-0.25, -0.2) is 0 Å². The number of ether oxygens (including phenoxy) is 2. The van der Waals surface area contributed by atoms with Gasteiger partial charge in [-0.1, -0.05) is 70.6 Å². The maximum absolute atomic E-state index is 14.4. The molecular weight excluding hydrogens is 472 g/mol. The molecule has 5 aliphatic carbocycles. The molecular formula is C34H56O4. The van der Waals surface area contributed by atoms with E-state index in [1.165, 1.54) is 83.5 Å². The number of carbonyl (C=O) groups is 2. The van der Waals surface area contributed by atoms with E-state index in [2.05, 4.69) is 0 Å². The van der Waals surface area contributed by atoms with E-state index in [4.69, 9.17) is 9.47 Å². The smallest absolute Gasteiger partial charge is 0.310 e. The second-order valence-electron chi connectivity index (χ2n) is 13.9. The van der Waals surface area contributed by atoms with Crippen LogP contribution in [0.15, 0.2) is 0 Å². The van der Waals surface area contributed by atoms with Gasteiger partial charge in [0.1, 0.15) is 12.2 Å². The molecule has 2 atom stereocenters. The Morgan fingerprint density at radius 3 is 1.13 bits per heavy atom. The minimum absolute atomic E-state index is 0.0666. The third-order valence-corrected chi connectivity index (χ3v) is 11.4. The summed E-state index contributed by atoms with van der Waals surface area (Å²) in [5.41, 5.74) is -0.278. The maximum Gasteiger partial charge on any atom is 0.310 e. The van der Waals surface area contributed by atoms with Crippen molar-refractivity contribution in [3.8, 4) is 0 Å². The second kappa shape index (κ2) is 14.0. The molecule has 2 unspecified atom stereocenters. The molecule has 0 aromatic heterocycles. The van der Waals surface area contributed by atoms with Crippen molar-refractivity contribution in [3.63, 3.8) is 0 Å². The number of esters is 2. The lowest BCUT2D eigenvalue weighted by atomic mass is 9.51. The first kappa shape index (κ1) is 28.5. The Bertz CT molecular complexity index is 676. The van der Waals surface area contributed by atoms with Crippen LogP contribution >= 0.6 is 0 Å². The van der Waals surface area contributed by atoms with E-state index in [1.807, 2.05) is 0 Å². The molecule has 0 N–H and O–H groups in total. The van der Waals surface area contributed by atoms with Crippen LogP contribution in [0.25, 0.3) is 0 Å². The van der Waals surface area contributed by atoms with E-state index >= 15 is 0 Å². The highest BCUT2D eigenvalue weighted by Crippen LogP contribution is 2.57. The van der Waals surface area contributed by atoms with Crippen molar-refractivity contribution in [1.29, 1.82) is 0 Å². The molecule has 0 radical (unpaired) electrons. The van der Waals surface area contributed by atoms with Crippen LogP contribution in [0.2, 0.25) is 0 Å². The molecule has 4 nitrogen and oxygen atoms in total. The lowest BCUT2D eigenvalue weighted by Gasteiger charge is -2.52. The van der Waals surface area contributed by atoms with Gasteiger partial charge < -0.3 is 9.47 Å². The van der Waals surface area contributed by atoms with Crippen LogP contribution in [0.3, 0.4) is 0 Å². The molecule has 5 fully saturated rings.